The third-order valence-electron chi connectivity index (χ3n) is 3.32. The largest absolute Gasteiger partial charge is 0.444 e. The normalized spacial score (nSPS) is 18.0. The molecule has 1 aromatic carbocycles. The van der Waals surface area contributed by atoms with Gasteiger partial charge in [-0.2, -0.15) is 0 Å². The first-order chi connectivity index (χ1) is 10.4. The molecule has 120 valence electrons. The Hall–Kier alpha value is -2.24. The van der Waals surface area contributed by atoms with E-state index in [9.17, 15) is 9.59 Å². The first kappa shape index (κ1) is 16.1. The zero-order chi connectivity index (χ0) is 16.2. The Morgan fingerprint density at radius 1 is 1.27 bits per heavy atom. The second-order valence-electron chi connectivity index (χ2n) is 6.40. The summed E-state index contributed by atoms with van der Waals surface area (Å²) in [5.41, 5.74) is 1.25. The van der Waals surface area contributed by atoms with Gasteiger partial charge in [0.15, 0.2) is 0 Å². The molecule has 1 fully saturated rings. The first-order valence-corrected chi connectivity index (χ1v) is 7.42. The number of hydrogen-bond donors (Lipinski definition) is 2. The summed E-state index contributed by atoms with van der Waals surface area (Å²) >= 11 is 0. The minimum atomic E-state index is -0.468. The molecule has 1 aromatic rings. The second-order valence-corrected chi connectivity index (χ2v) is 6.40. The van der Waals surface area contributed by atoms with Crippen LogP contribution in [0.15, 0.2) is 24.3 Å². The molecule has 22 heavy (non-hydrogen) atoms. The monoisotopic (exact) mass is 305 g/mol. The van der Waals surface area contributed by atoms with Gasteiger partial charge in [-0.05, 0) is 51.5 Å². The second kappa shape index (κ2) is 6.68. The molecule has 1 aliphatic rings. The van der Waals surface area contributed by atoms with E-state index in [4.69, 9.17) is 4.74 Å². The highest BCUT2D eigenvalue weighted by Crippen LogP contribution is 2.20. The van der Waals surface area contributed by atoms with Gasteiger partial charge in [0.05, 0.1) is 0 Å². The van der Waals surface area contributed by atoms with E-state index in [1.54, 1.807) is 4.90 Å². The highest BCUT2D eigenvalue weighted by Gasteiger charge is 2.29. The Bertz CT molecular complexity index is 522. The average molecular weight is 305 g/mol. The number of likely N-dealkylation sites (tertiary alicyclic amines) is 1. The fraction of sp³-hybridized carbons (Fsp3) is 0.500. The van der Waals surface area contributed by atoms with E-state index in [2.05, 4.69) is 10.6 Å². The lowest BCUT2D eigenvalue weighted by atomic mass is 10.2. The molecule has 1 heterocycles. The van der Waals surface area contributed by atoms with Gasteiger partial charge >= 0.3 is 6.09 Å². The van der Waals surface area contributed by atoms with Crippen LogP contribution in [0.2, 0.25) is 0 Å². The Morgan fingerprint density at radius 3 is 2.50 bits per heavy atom. The van der Waals surface area contributed by atoms with Gasteiger partial charge in [0.25, 0.3) is 0 Å². The first-order valence-electron chi connectivity index (χ1n) is 7.42. The highest BCUT2D eigenvalue weighted by atomic mass is 16.6. The van der Waals surface area contributed by atoms with Crippen LogP contribution in [0.5, 0.6) is 0 Å². The van der Waals surface area contributed by atoms with Crippen LogP contribution in [0.4, 0.5) is 16.2 Å². The van der Waals surface area contributed by atoms with Gasteiger partial charge in [0.1, 0.15) is 5.60 Å². The average Bonchev–Trinajstić information content (AvgIpc) is 2.88. The van der Waals surface area contributed by atoms with Crippen molar-refractivity contribution in [3.63, 3.8) is 0 Å². The summed E-state index contributed by atoms with van der Waals surface area (Å²) in [7, 11) is 0. The Labute approximate surface area is 130 Å². The predicted molar refractivity (Wildman–Crippen MR) is 86.0 cm³/mol. The van der Waals surface area contributed by atoms with Gasteiger partial charge in [-0.25, -0.2) is 4.79 Å². The topological polar surface area (TPSA) is 70.7 Å². The number of nitrogens with one attached hydrogen (secondary N) is 2. The van der Waals surface area contributed by atoms with Crippen molar-refractivity contribution in [1.82, 2.24) is 4.90 Å². The number of carbonyl (C=O) groups excluding carboxylic acids is 2. The molecule has 6 nitrogen and oxygen atoms in total. The Balaban J connectivity index is 1.85. The molecular formula is C16H23N3O3. The lowest BCUT2D eigenvalue weighted by Gasteiger charge is -2.24. The fourth-order valence-electron chi connectivity index (χ4n) is 2.34. The van der Waals surface area contributed by atoms with Crippen LogP contribution in [0.3, 0.4) is 0 Å². The van der Waals surface area contributed by atoms with Crippen molar-refractivity contribution in [1.29, 1.82) is 0 Å². The molecule has 1 unspecified atom stereocenters. The molecule has 1 atom stereocenters. The van der Waals surface area contributed by atoms with Crippen molar-refractivity contribution in [2.75, 3.05) is 23.7 Å². The SMILES string of the molecule is CC(C)(C)OC(=O)N1CCC(Nc2ccc(NC=O)cc2)C1. The minimum absolute atomic E-state index is 0.206. The third kappa shape index (κ3) is 4.65. The standard InChI is InChI=1S/C16H23N3O3/c1-16(2,3)22-15(21)19-9-8-14(10-19)18-13-6-4-12(5-7-13)17-11-20/h4-7,11,14,18H,8-10H2,1-3H3,(H,17,20). The van der Waals surface area contributed by atoms with E-state index in [1.807, 2.05) is 45.0 Å². The van der Waals surface area contributed by atoms with Crippen LogP contribution < -0.4 is 10.6 Å². The maximum Gasteiger partial charge on any atom is 0.410 e. The number of benzene rings is 1. The lowest BCUT2D eigenvalue weighted by molar-refractivity contribution is -0.105. The van der Waals surface area contributed by atoms with Crippen molar-refractivity contribution in [2.24, 2.45) is 0 Å². The molecule has 0 saturated carbocycles. The Kier molecular flexibility index (Phi) is 4.90. The molecule has 0 aromatic heterocycles. The fourth-order valence-corrected chi connectivity index (χ4v) is 2.34. The van der Waals surface area contributed by atoms with Crippen molar-refractivity contribution in [2.45, 2.75) is 38.8 Å². The molecule has 0 bridgehead atoms. The molecule has 6 heteroatoms. The molecule has 1 aliphatic heterocycles. The minimum Gasteiger partial charge on any atom is -0.444 e. The summed E-state index contributed by atoms with van der Waals surface area (Å²) in [5, 5.41) is 5.99. The summed E-state index contributed by atoms with van der Waals surface area (Å²) in [6.45, 7) is 6.92. The molecule has 0 aliphatic carbocycles. The zero-order valence-electron chi connectivity index (χ0n) is 13.3. The molecule has 1 saturated heterocycles. The van der Waals surface area contributed by atoms with E-state index in [0.717, 1.165) is 17.8 Å². The van der Waals surface area contributed by atoms with Gasteiger partial charge in [-0.1, -0.05) is 0 Å². The van der Waals surface area contributed by atoms with Gasteiger partial charge in [-0.15, -0.1) is 0 Å². The summed E-state index contributed by atoms with van der Waals surface area (Å²) < 4.78 is 5.38. The molecular weight excluding hydrogens is 282 g/mol. The van der Waals surface area contributed by atoms with Crippen molar-refractivity contribution < 1.29 is 14.3 Å². The third-order valence-corrected chi connectivity index (χ3v) is 3.32. The summed E-state index contributed by atoms with van der Waals surface area (Å²) in [4.78, 5) is 24.1. The van der Waals surface area contributed by atoms with Gasteiger partial charge in [0, 0.05) is 30.5 Å². The summed E-state index contributed by atoms with van der Waals surface area (Å²) in [5.74, 6) is 0. The number of nitrogens with zero attached hydrogens (tertiary/aromatic N) is 1. The molecule has 0 spiro atoms. The zero-order valence-corrected chi connectivity index (χ0v) is 13.3. The van der Waals surface area contributed by atoms with Gasteiger partial charge < -0.3 is 20.3 Å². The van der Waals surface area contributed by atoms with Crippen molar-refractivity contribution >= 4 is 23.9 Å². The van der Waals surface area contributed by atoms with Crippen LogP contribution >= 0.6 is 0 Å². The van der Waals surface area contributed by atoms with Gasteiger partial charge in [-0.3, -0.25) is 4.79 Å². The van der Waals surface area contributed by atoms with Crippen LogP contribution in [-0.2, 0) is 9.53 Å². The number of hydrogen-bond acceptors (Lipinski definition) is 4. The predicted octanol–water partition coefficient (Wildman–Crippen LogP) is 2.68. The smallest absolute Gasteiger partial charge is 0.410 e. The van der Waals surface area contributed by atoms with E-state index in [0.29, 0.717) is 19.5 Å². The van der Waals surface area contributed by atoms with Crippen LogP contribution in [0, 0.1) is 0 Å². The van der Waals surface area contributed by atoms with E-state index in [-0.39, 0.29) is 12.1 Å². The molecule has 0 radical (unpaired) electrons. The molecule has 2 amide bonds. The molecule has 2 N–H and O–H groups in total. The number of carbonyl (C=O) groups is 2. The van der Waals surface area contributed by atoms with Crippen LogP contribution in [0.1, 0.15) is 27.2 Å². The van der Waals surface area contributed by atoms with Crippen LogP contribution in [0.25, 0.3) is 0 Å². The van der Waals surface area contributed by atoms with Crippen molar-refractivity contribution in [3.05, 3.63) is 24.3 Å². The summed E-state index contributed by atoms with van der Waals surface area (Å²) in [6.07, 6.45) is 1.27. The Morgan fingerprint density at radius 2 is 1.91 bits per heavy atom. The van der Waals surface area contributed by atoms with Gasteiger partial charge in [0.2, 0.25) is 6.41 Å². The summed E-state index contributed by atoms with van der Waals surface area (Å²) in [6, 6.07) is 7.68. The lowest BCUT2D eigenvalue weighted by Crippen LogP contribution is -2.36. The highest BCUT2D eigenvalue weighted by molar-refractivity contribution is 5.72. The molecule has 2 rings (SSSR count). The number of amides is 2. The van der Waals surface area contributed by atoms with E-state index < -0.39 is 5.60 Å². The quantitative estimate of drug-likeness (QED) is 0.839. The maximum absolute atomic E-state index is 12.0. The number of anilines is 2. The number of rotatable bonds is 4. The van der Waals surface area contributed by atoms with Crippen molar-refractivity contribution in [3.8, 4) is 0 Å². The van der Waals surface area contributed by atoms with Crippen LogP contribution in [-0.4, -0.2) is 42.1 Å². The van der Waals surface area contributed by atoms with E-state index in [1.165, 1.54) is 0 Å². The number of ether oxygens (including phenoxy) is 1. The van der Waals surface area contributed by atoms with E-state index >= 15 is 0 Å². The maximum atomic E-state index is 12.0.